The van der Waals surface area contributed by atoms with E-state index in [9.17, 15) is 0 Å². The van der Waals surface area contributed by atoms with Crippen LogP contribution in [0.4, 0.5) is 0 Å². The average molecular weight is 308 g/mol. The van der Waals surface area contributed by atoms with Crippen LogP contribution < -0.4 is 4.74 Å². The highest BCUT2D eigenvalue weighted by atomic mass is 79.9. The molecule has 0 saturated carbocycles. The molecule has 2 rings (SSSR count). The topological polar surface area (TPSA) is 21.8 Å². The van der Waals surface area contributed by atoms with Crippen LogP contribution >= 0.6 is 31.9 Å². The summed E-state index contributed by atoms with van der Waals surface area (Å²) < 4.78 is 12.5. The van der Waals surface area contributed by atoms with Crippen molar-refractivity contribution >= 4 is 31.9 Å². The molecular formula is C9H8Br2O2. The Labute approximate surface area is 93.5 Å². The van der Waals surface area contributed by atoms with Gasteiger partial charge in [0.15, 0.2) is 0 Å². The molecule has 1 aliphatic heterocycles. The van der Waals surface area contributed by atoms with Gasteiger partial charge < -0.3 is 9.47 Å². The number of epoxide rings is 1. The number of benzene rings is 1. The molecule has 1 heterocycles. The molecule has 0 radical (unpaired) electrons. The lowest BCUT2D eigenvalue weighted by Gasteiger charge is -2.08. The highest BCUT2D eigenvalue weighted by molar-refractivity contribution is 9.11. The quantitative estimate of drug-likeness (QED) is 0.801. The monoisotopic (exact) mass is 306 g/mol. The summed E-state index contributed by atoms with van der Waals surface area (Å²) in [6, 6.07) is 5.86. The van der Waals surface area contributed by atoms with E-state index in [2.05, 4.69) is 31.9 Å². The van der Waals surface area contributed by atoms with Crippen molar-refractivity contribution in [3.8, 4) is 5.75 Å². The largest absolute Gasteiger partial charge is 0.488 e. The number of rotatable bonds is 3. The lowest BCUT2D eigenvalue weighted by atomic mass is 10.3. The van der Waals surface area contributed by atoms with Crippen molar-refractivity contribution in [1.82, 2.24) is 0 Å². The van der Waals surface area contributed by atoms with Gasteiger partial charge in [-0.2, -0.15) is 0 Å². The molecule has 1 fully saturated rings. The maximum absolute atomic E-state index is 5.57. The second-order valence-corrected chi connectivity index (χ2v) is 4.53. The van der Waals surface area contributed by atoms with Gasteiger partial charge in [0.1, 0.15) is 18.5 Å². The molecule has 0 aromatic heterocycles. The summed E-state index contributed by atoms with van der Waals surface area (Å²) in [5.41, 5.74) is 0. The second-order valence-electron chi connectivity index (χ2n) is 2.82. The van der Waals surface area contributed by atoms with E-state index in [4.69, 9.17) is 9.47 Å². The molecule has 0 spiro atoms. The molecule has 4 heteroatoms. The van der Waals surface area contributed by atoms with Gasteiger partial charge in [-0.25, -0.2) is 0 Å². The smallest absolute Gasteiger partial charge is 0.147 e. The summed E-state index contributed by atoms with van der Waals surface area (Å²) in [6.07, 6.45) is 0.291. The number of halogens is 2. The average Bonchev–Trinajstić information content (AvgIpc) is 2.87. The molecular weight excluding hydrogens is 300 g/mol. The molecule has 0 amide bonds. The lowest BCUT2D eigenvalue weighted by molar-refractivity contribution is 0.260. The van der Waals surface area contributed by atoms with Gasteiger partial charge in [-0.05, 0) is 44.0 Å². The fraction of sp³-hybridized carbons (Fsp3) is 0.333. The fourth-order valence-electron chi connectivity index (χ4n) is 0.961. The first-order valence-corrected chi connectivity index (χ1v) is 5.54. The Kier molecular flexibility index (Phi) is 2.91. The normalized spacial score (nSPS) is 20.0. The van der Waals surface area contributed by atoms with Crippen LogP contribution in [0.1, 0.15) is 0 Å². The standard InChI is InChI=1S/C9H8Br2O2/c10-7-2-1-3-8(11)9(7)13-5-6-4-12-6/h1-3,6H,4-5H2/t6-/m0/s1. The summed E-state index contributed by atoms with van der Waals surface area (Å²) >= 11 is 6.84. The highest BCUT2D eigenvalue weighted by Gasteiger charge is 2.23. The molecule has 1 aliphatic rings. The minimum atomic E-state index is 0.291. The molecule has 0 bridgehead atoms. The van der Waals surface area contributed by atoms with Gasteiger partial charge >= 0.3 is 0 Å². The summed E-state index contributed by atoms with van der Waals surface area (Å²) in [7, 11) is 0. The summed E-state index contributed by atoms with van der Waals surface area (Å²) in [5, 5.41) is 0. The van der Waals surface area contributed by atoms with E-state index >= 15 is 0 Å². The number of ether oxygens (including phenoxy) is 2. The zero-order valence-electron chi connectivity index (χ0n) is 6.80. The molecule has 1 aromatic rings. The van der Waals surface area contributed by atoms with Crippen molar-refractivity contribution in [3.05, 3.63) is 27.1 Å². The molecule has 0 aliphatic carbocycles. The van der Waals surface area contributed by atoms with Crippen LogP contribution in [0.25, 0.3) is 0 Å². The van der Waals surface area contributed by atoms with Crippen molar-refractivity contribution in [2.75, 3.05) is 13.2 Å². The summed E-state index contributed by atoms with van der Waals surface area (Å²) in [4.78, 5) is 0. The van der Waals surface area contributed by atoms with E-state index < -0.39 is 0 Å². The van der Waals surface area contributed by atoms with Crippen molar-refractivity contribution < 1.29 is 9.47 Å². The highest BCUT2D eigenvalue weighted by Crippen LogP contribution is 2.33. The first kappa shape index (κ1) is 9.49. The molecule has 70 valence electrons. The van der Waals surface area contributed by atoms with E-state index in [0.29, 0.717) is 12.7 Å². The van der Waals surface area contributed by atoms with E-state index in [1.165, 1.54) is 0 Å². The molecule has 1 aromatic carbocycles. The minimum Gasteiger partial charge on any atom is -0.488 e. The Bertz CT molecular complexity index is 290. The summed E-state index contributed by atoms with van der Waals surface area (Å²) in [5.74, 6) is 0.845. The van der Waals surface area contributed by atoms with Gasteiger partial charge in [-0.15, -0.1) is 0 Å². The molecule has 0 N–H and O–H groups in total. The van der Waals surface area contributed by atoms with Crippen molar-refractivity contribution in [2.45, 2.75) is 6.10 Å². The third-order valence-corrected chi connectivity index (χ3v) is 2.98. The first-order chi connectivity index (χ1) is 6.27. The Hall–Kier alpha value is -0.0600. The van der Waals surface area contributed by atoms with Gasteiger partial charge in [0.2, 0.25) is 0 Å². The Morgan fingerprint density at radius 1 is 1.38 bits per heavy atom. The van der Waals surface area contributed by atoms with Crippen LogP contribution in [-0.2, 0) is 4.74 Å². The van der Waals surface area contributed by atoms with Crippen LogP contribution in [0.5, 0.6) is 5.75 Å². The predicted octanol–water partition coefficient (Wildman–Crippen LogP) is 2.99. The Morgan fingerprint density at radius 2 is 2.00 bits per heavy atom. The van der Waals surface area contributed by atoms with E-state index in [1.807, 2.05) is 18.2 Å². The molecule has 1 atom stereocenters. The lowest BCUT2D eigenvalue weighted by Crippen LogP contribution is -2.04. The summed E-state index contributed by atoms with van der Waals surface area (Å²) in [6.45, 7) is 1.45. The van der Waals surface area contributed by atoms with Crippen molar-refractivity contribution in [1.29, 1.82) is 0 Å². The SMILES string of the molecule is Brc1cccc(Br)c1OC[C@@H]1CO1. The number of hydrogen-bond donors (Lipinski definition) is 0. The maximum Gasteiger partial charge on any atom is 0.147 e. The van der Waals surface area contributed by atoms with E-state index in [-0.39, 0.29) is 0 Å². The number of hydrogen-bond acceptors (Lipinski definition) is 2. The second kappa shape index (κ2) is 3.98. The van der Waals surface area contributed by atoms with Crippen LogP contribution in [0.15, 0.2) is 27.1 Å². The van der Waals surface area contributed by atoms with Gasteiger partial charge in [0.05, 0.1) is 15.6 Å². The van der Waals surface area contributed by atoms with E-state index in [0.717, 1.165) is 21.3 Å². The molecule has 13 heavy (non-hydrogen) atoms. The zero-order chi connectivity index (χ0) is 9.26. The van der Waals surface area contributed by atoms with Crippen LogP contribution in [0, 0.1) is 0 Å². The minimum absolute atomic E-state index is 0.291. The van der Waals surface area contributed by atoms with Crippen molar-refractivity contribution in [3.63, 3.8) is 0 Å². The van der Waals surface area contributed by atoms with Crippen LogP contribution in [0.2, 0.25) is 0 Å². The van der Waals surface area contributed by atoms with Crippen molar-refractivity contribution in [2.24, 2.45) is 0 Å². The van der Waals surface area contributed by atoms with Crippen LogP contribution in [0.3, 0.4) is 0 Å². The third kappa shape index (κ3) is 2.45. The Morgan fingerprint density at radius 3 is 2.54 bits per heavy atom. The van der Waals surface area contributed by atoms with Crippen LogP contribution in [-0.4, -0.2) is 19.3 Å². The molecule has 0 unspecified atom stereocenters. The maximum atomic E-state index is 5.57. The van der Waals surface area contributed by atoms with Gasteiger partial charge in [0.25, 0.3) is 0 Å². The third-order valence-electron chi connectivity index (χ3n) is 1.73. The van der Waals surface area contributed by atoms with E-state index in [1.54, 1.807) is 0 Å². The zero-order valence-corrected chi connectivity index (χ0v) is 9.97. The van der Waals surface area contributed by atoms with Gasteiger partial charge in [0, 0.05) is 0 Å². The first-order valence-electron chi connectivity index (χ1n) is 3.96. The fourth-order valence-corrected chi connectivity index (χ4v) is 2.19. The molecule has 2 nitrogen and oxygen atoms in total. The van der Waals surface area contributed by atoms with Gasteiger partial charge in [-0.1, -0.05) is 6.07 Å². The van der Waals surface area contributed by atoms with Gasteiger partial charge in [-0.3, -0.25) is 0 Å². The number of para-hydroxylation sites is 1. The predicted molar refractivity (Wildman–Crippen MR) is 57.1 cm³/mol. The molecule has 1 saturated heterocycles. The Balaban J connectivity index is 2.07.